The Labute approximate surface area is 172 Å². The lowest BCUT2D eigenvalue weighted by Gasteiger charge is -2.09. The minimum atomic E-state index is -0.173. The number of nitrogens with one attached hydrogen (secondary N) is 1. The number of carbonyl (C=O) groups is 1. The summed E-state index contributed by atoms with van der Waals surface area (Å²) in [5.74, 6) is 1.43. The number of nitrogens with zero attached hydrogens (tertiary/aromatic N) is 3. The summed E-state index contributed by atoms with van der Waals surface area (Å²) in [5, 5.41) is 12.3. The van der Waals surface area contributed by atoms with Crippen molar-refractivity contribution in [3.63, 3.8) is 0 Å². The molecular weight excluding hydrogens is 396 g/mol. The first-order chi connectivity index (χ1) is 13.7. The van der Waals surface area contributed by atoms with E-state index in [-0.39, 0.29) is 18.3 Å². The average Bonchev–Trinajstić information content (AvgIpc) is 3.09. The highest BCUT2D eigenvalue weighted by atomic mass is 35.5. The Bertz CT molecular complexity index is 946. The van der Waals surface area contributed by atoms with Gasteiger partial charge in [-0.1, -0.05) is 59.8 Å². The second-order valence-corrected chi connectivity index (χ2v) is 7.07. The van der Waals surface area contributed by atoms with Gasteiger partial charge in [0.25, 0.3) is 0 Å². The molecule has 3 aromatic rings. The molecule has 0 aliphatic rings. The lowest BCUT2D eigenvalue weighted by molar-refractivity contribution is -0.113. The molecule has 3 rings (SSSR count). The lowest BCUT2D eigenvalue weighted by atomic mass is 10.3. The largest absolute Gasteiger partial charge is 0.486 e. The van der Waals surface area contributed by atoms with E-state index in [9.17, 15) is 4.79 Å². The van der Waals surface area contributed by atoms with Crippen LogP contribution in [0.3, 0.4) is 0 Å². The normalized spacial score (nSPS) is 10.5. The number of para-hydroxylation sites is 2. The van der Waals surface area contributed by atoms with Gasteiger partial charge in [0.15, 0.2) is 11.0 Å². The minimum absolute atomic E-state index is 0.173. The third-order valence-electron chi connectivity index (χ3n) is 3.70. The quantitative estimate of drug-likeness (QED) is 0.414. The molecule has 0 aliphatic carbocycles. The number of amides is 1. The van der Waals surface area contributed by atoms with Gasteiger partial charge in [0.1, 0.15) is 12.4 Å². The molecule has 0 radical (unpaired) electrons. The topological polar surface area (TPSA) is 69.0 Å². The SMILES string of the molecule is C=CCn1c(COc2ccccc2)nnc1SCC(=O)Nc1ccccc1Cl. The predicted octanol–water partition coefficient (Wildman–Crippen LogP) is 4.43. The summed E-state index contributed by atoms with van der Waals surface area (Å²) < 4.78 is 7.63. The first-order valence-corrected chi connectivity index (χ1v) is 9.91. The van der Waals surface area contributed by atoms with Crippen LogP contribution in [-0.2, 0) is 17.9 Å². The van der Waals surface area contributed by atoms with E-state index in [2.05, 4.69) is 22.1 Å². The van der Waals surface area contributed by atoms with E-state index in [1.165, 1.54) is 11.8 Å². The molecule has 0 saturated carbocycles. The van der Waals surface area contributed by atoms with Crippen molar-refractivity contribution in [2.75, 3.05) is 11.1 Å². The van der Waals surface area contributed by atoms with Crippen molar-refractivity contribution < 1.29 is 9.53 Å². The van der Waals surface area contributed by atoms with E-state index in [0.29, 0.717) is 28.2 Å². The van der Waals surface area contributed by atoms with Gasteiger partial charge in [0.2, 0.25) is 5.91 Å². The fourth-order valence-electron chi connectivity index (χ4n) is 2.39. The number of carbonyl (C=O) groups excluding carboxylic acids is 1. The first kappa shape index (κ1) is 20.0. The van der Waals surface area contributed by atoms with Gasteiger partial charge in [0, 0.05) is 6.54 Å². The van der Waals surface area contributed by atoms with Crippen LogP contribution in [0.25, 0.3) is 0 Å². The van der Waals surface area contributed by atoms with Gasteiger partial charge in [-0.05, 0) is 24.3 Å². The fourth-order valence-corrected chi connectivity index (χ4v) is 3.34. The Morgan fingerprint density at radius 2 is 1.93 bits per heavy atom. The summed E-state index contributed by atoms with van der Waals surface area (Å²) in [4.78, 5) is 12.2. The van der Waals surface area contributed by atoms with Crippen molar-refractivity contribution in [1.29, 1.82) is 0 Å². The van der Waals surface area contributed by atoms with E-state index in [0.717, 1.165) is 5.75 Å². The highest BCUT2D eigenvalue weighted by Gasteiger charge is 2.14. The molecule has 1 aromatic heterocycles. The number of hydrogen-bond donors (Lipinski definition) is 1. The molecule has 8 heteroatoms. The highest BCUT2D eigenvalue weighted by molar-refractivity contribution is 7.99. The summed E-state index contributed by atoms with van der Waals surface area (Å²) in [7, 11) is 0. The van der Waals surface area contributed by atoms with Crippen LogP contribution in [0.2, 0.25) is 5.02 Å². The third kappa shape index (κ3) is 5.37. The van der Waals surface area contributed by atoms with Crippen LogP contribution in [-0.4, -0.2) is 26.4 Å². The van der Waals surface area contributed by atoms with E-state index in [1.807, 2.05) is 47.0 Å². The highest BCUT2D eigenvalue weighted by Crippen LogP contribution is 2.22. The lowest BCUT2D eigenvalue weighted by Crippen LogP contribution is -2.15. The maximum atomic E-state index is 12.2. The van der Waals surface area contributed by atoms with E-state index in [4.69, 9.17) is 16.3 Å². The van der Waals surface area contributed by atoms with Crippen LogP contribution in [0.15, 0.2) is 72.4 Å². The number of anilines is 1. The Morgan fingerprint density at radius 3 is 2.68 bits per heavy atom. The molecule has 6 nitrogen and oxygen atoms in total. The van der Waals surface area contributed by atoms with Crippen LogP contribution < -0.4 is 10.1 Å². The van der Waals surface area contributed by atoms with Gasteiger partial charge in [0.05, 0.1) is 16.5 Å². The Morgan fingerprint density at radius 1 is 1.18 bits per heavy atom. The number of hydrogen-bond acceptors (Lipinski definition) is 5. The molecule has 1 heterocycles. The number of ether oxygens (including phenoxy) is 1. The van der Waals surface area contributed by atoms with Gasteiger partial charge in [-0.25, -0.2) is 0 Å². The van der Waals surface area contributed by atoms with Crippen LogP contribution in [0.5, 0.6) is 5.75 Å². The Balaban J connectivity index is 1.61. The second kappa shape index (κ2) is 9.96. The summed E-state index contributed by atoms with van der Waals surface area (Å²) in [6, 6.07) is 16.6. The molecule has 28 heavy (non-hydrogen) atoms. The predicted molar refractivity (Wildman–Crippen MR) is 112 cm³/mol. The van der Waals surface area contributed by atoms with Crippen LogP contribution in [0.1, 0.15) is 5.82 Å². The zero-order valence-electron chi connectivity index (χ0n) is 15.0. The molecule has 0 atom stereocenters. The smallest absolute Gasteiger partial charge is 0.234 e. The van der Waals surface area contributed by atoms with Crippen molar-refractivity contribution in [2.24, 2.45) is 0 Å². The second-order valence-electron chi connectivity index (χ2n) is 5.72. The zero-order chi connectivity index (χ0) is 19.8. The van der Waals surface area contributed by atoms with Crippen molar-refractivity contribution in [1.82, 2.24) is 14.8 Å². The third-order valence-corrected chi connectivity index (χ3v) is 4.99. The molecule has 0 bridgehead atoms. The molecule has 0 unspecified atom stereocenters. The van der Waals surface area contributed by atoms with Crippen molar-refractivity contribution in [2.45, 2.75) is 18.3 Å². The van der Waals surface area contributed by atoms with Crippen LogP contribution >= 0.6 is 23.4 Å². The van der Waals surface area contributed by atoms with E-state index >= 15 is 0 Å². The molecule has 1 amide bonds. The number of aromatic nitrogens is 3. The van der Waals surface area contributed by atoms with Crippen LogP contribution in [0, 0.1) is 0 Å². The number of thioether (sulfide) groups is 1. The molecule has 0 fully saturated rings. The van der Waals surface area contributed by atoms with E-state index in [1.54, 1.807) is 18.2 Å². The van der Waals surface area contributed by atoms with Crippen molar-refractivity contribution in [3.8, 4) is 5.75 Å². The van der Waals surface area contributed by atoms with Gasteiger partial charge < -0.3 is 10.1 Å². The number of allylic oxidation sites excluding steroid dienone is 1. The van der Waals surface area contributed by atoms with Crippen molar-refractivity contribution in [3.05, 3.63) is 78.1 Å². The van der Waals surface area contributed by atoms with Crippen molar-refractivity contribution >= 4 is 35.0 Å². The molecule has 0 aliphatic heterocycles. The maximum Gasteiger partial charge on any atom is 0.234 e. The van der Waals surface area contributed by atoms with Gasteiger partial charge >= 0.3 is 0 Å². The summed E-state index contributed by atoms with van der Waals surface area (Å²) in [6.45, 7) is 4.57. The molecular formula is C20H19ClN4O2S. The number of rotatable bonds is 9. The molecule has 0 spiro atoms. The fraction of sp³-hybridized carbons (Fsp3) is 0.150. The number of benzene rings is 2. The standard InChI is InChI=1S/C20H19ClN4O2S/c1-2-12-25-18(13-27-15-8-4-3-5-9-15)23-24-20(25)28-14-19(26)22-17-11-7-6-10-16(17)21/h2-11H,1,12-14H2,(H,22,26). The Hall–Kier alpha value is -2.77. The van der Waals surface area contributed by atoms with Crippen LogP contribution in [0.4, 0.5) is 5.69 Å². The molecule has 1 N–H and O–H groups in total. The monoisotopic (exact) mass is 414 g/mol. The Kier molecular flexibility index (Phi) is 7.11. The average molecular weight is 415 g/mol. The first-order valence-electron chi connectivity index (χ1n) is 8.55. The summed E-state index contributed by atoms with van der Waals surface area (Å²) >= 11 is 7.36. The maximum absolute atomic E-state index is 12.2. The summed E-state index contributed by atoms with van der Waals surface area (Å²) in [5.41, 5.74) is 0.583. The number of halogens is 1. The minimum Gasteiger partial charge on any atom is -0.486 e. The van der Waals surface area contributed by atoms with Gasteiger partial charge in [-0.2, -0.15) is 0 Å². The molecule has 2 aromatic carbocycles. The van der Waals surface area contributed by atoms with Gasteiger partial charge in [-0.3, -0.25) is 9.36 Å². The van der Waals surface area contributed by atoms with E-state index < -0.39 is 0 Å². The zero-order valence-corrected chi connectivity index (χ0v) is 16.6. The molecule has 144 valence electrons. The molecule has 0 saturated heterocycles. The van der Waals surface area contributed by atoms with Gasteiger partial charge in [-0.15, -0.1) is 16.8 Å². The summed E-state index contributed by atoms with van der Waals surface area (Å²) in [6.07, 6.45) is 1.75.